The van der Waals surface area contributed by atoms with Gasteiger partial charge >= 0.3 is 0 Å². The molecular weight excluding hydrogens is 552 g/mol. The van der Waals surface area contributed by atoms with Gasteiger partial charge < -0.3 is 25.0 Å². The number of benzene rings is 4. The average Bonchev–Trinajstić information content (AvgIpc) is 3.49. The van der Waals surface area contributed by atoms with Gasteiger partial charge in [-0.15, -0.1) is 5.10 Å². The molecule has 222 valence electrons. The smallest absolute Gasteiger partial charge is 0.245 e. The van der Waals surface area contributed by atoms with Crippen LogP contribution in [0.1, 0.15) is 27.9 Å². The van der Waals surface area contributed by atoms with Crippen molar-refractivity contribution in [2.45, 2.75) is 24.7 Å². The maximum atomic E-state index is 10.3. The van der Waals surface area contributed by atoms with Crippen molar-refractivity contribution in [3.63, 3.8) is 0 Å². The molecule has 0 radical (unpaired) electrons. The molecule has 3 N–H and O–H groups in total. The van der Waals surface area contributed by atoms with Crippen LogP contribution in [0.3, 0.4) is 0 Å². The van der Waals surface area contributed by atoms with Crippen LogP contribution in [0.2, 0.25) is 0 Å². The molecule has 0 aliphatic rings. The zero-order valence-electron chi connectivity index (χ0n) is 24.4. The monoisotopic (exact) mass is 586 g/mol. The number of aliphatic hydroxyl groups is 2. The molecule has 1 unspecified atom stereocenters. The Bertz CT molecular complexity index is 1750. The molecule has 6 rings (SSSR count). The van der Waals surface area contributed by atoms with Crippen molar-refractivity contribution in [2.24, 2.45) is 0 Å². The second-order valence-electron chi connectivity index (χ2n) is 10.5. The summed E-state index contributed by atoms with van der Waals surface area (Å²) in [6.07, 6.45) is -0.722. The number of rotatable bonds is 12. The van der Waals surface area contributed by atoms with E-state index < -0.39 is 11.6 Å². The molecule has 6 aromatic rings. The lowest BCUT2D eigenvalue weighted by molar-refractivity contribution is 0.0944. The lowest BCUT2D eigenvalue weighted by atomic mass is 9.77. The zero-order chi connectivity index (χ0) is 30.4. The first-order chi connectivity index (χ1) is 21.6. The van der Waals surface area contributed by atoms with Crippen molar-refractivity contribution in [1.82, 2.24) is 14.6 Å². The van der Waals surface area contributed by atoms with Gasteiger partial charge in [-0.2, -0.15) is 4.98 Å². The van der Waals surface area contributed by atoms with E-state index in [4.69, 9.17) is 19.6 Å². The topological polar surface area (TPSA) is 101 Å². The third-order valence-electron chi connectivity index (χ3n) is 7.66. The number of methoxy groups -OCH3 is 1. The largest absolute Gasteiger partial charge is 0.497 e. The van der Waals surface area contributed by atoms with Crippen LogP contribution < -0.4 is 14.8 Å². The van der Waals surface area contributed by atoms with Gasteiger partial charge in [-0.3, -0.25) is 0 Å². The van der Waals surface area contributed by atoms with Crippen molar-refractivity contribution in [1.29, 1.82) is 0 Å². The number of ether oxygens (including phenoxy) is 2. The highest BCUT2D eigenvalue weighted by atomic mass is 16.5. The molecule has 2 aromatic heterocycles. The van der Waals surface area contributed by atoms with E-state index in [2.05, 4.69) is 29.6 Å². The fraction of sp³-hybridized carbons (Fsp3) is 0.167. The molecule has 1 atom stereocenters. The van der Waals surface area contributed by atoms with Crippen molar-refractivity contribution in [3.8, 4) is 11.6 Å². The van der Waals surface area contributed by atoms with E-state index in [1.54, 1.807) is 11.6 Å². The summed E-state index contributed by atoms with van der Waals surface area (Å²) in [5.41, 5.74) is 4.38. The van der Waals surface area contributed by atoms with Crippen LogP contribution in [0.4, 0.5) is 5.95 Å². The molecule has 0 saturated heterocycles. The van der Waals surface area contributed by atoms with Crippen LogP contribution in [0, 0.1) is 0 Å². The van der Waals surface area contributed by atoms with Gasteiger partial charge in [0.2, 0.25) is 11.8 Å². The van der Waals surface area contributed by atoms with E-state index in [0.717, 1.165) is 28.0 Å². The molecule has 0 aliphatic carbocycles. The Morgan fingerprint density at radius 3 is 1.95 bits per heavy atom. The predicted molar refractivity (Wildman–Crippen MR) is 170 cm³/mol. The summed E-state index contributed by atoms with van der Waals surface area (Å²) < 4.78 is 13.5. The summed E-state index contributed by atoms with van der Waals surface area (Å²) >= 11 is 0. The third kappa shape index (κ3) is 5.86. The normalized spacial score (nSPS) is 12.2. The third-order valence-corrected chi connectivity index (χ3v) is 7.66. The molecule has 8 nitrogen and oxygen atoms in total. The molecule has 0 spiro atoms. The lowest BCUT2D eigenvalue weighted by Gasteiger charge is -2.37. The van der Waals surface area contributed by atoms with Crippen molar-refractivity contribution >= 4 is 11.5 Å². The molecule has 8 heteroatoms. The standard InChI is InChI=1S/C36H34N4O4/c1-43-32-20-17-29(18-21-32)36(27-13-7-3-8-14-27,28-15-9-4-10-16-28)38-35-37-34(44-25-26-11-5-2-6-12-26)33-22-19-30(40(33)39-35)23-31(42)24-41/h2-22,31,41-42H,23-25H2,1H3,(H,38,39). The Hall–Kier alpha value is -5.18. The van der Waals surface area contributed by atoms with Gasteiger partial charge in [-0.1, -0.05) is 103 Å². The molecule has 0 saturated carbocycles. The minimum absolute atomic E-state index is 0.209. The summed E-state index contributed by atoms with van der Waals surface area (Å²) in [5.74, 6) is 1.46. The molecule has 0 amide bonds. The Morgan fingerprint density at radius 2 is 1.36 bits per heavy atom. The Balaban J connectivity index is 1.54. The number of fused-ring (bicyclic) bond motifs is 1. The highest BCUT2D eigenvalue weighted by Crippen LogP contribution is 2.40. The van der Waals surface area contributed by atoms with Crippen molar-refractivity contribution < 1.29 is 19.7 Å². The Labute approximate surface area is 256 Å². The highest BCUT2D eigenvalue weighted by molar-refractivity contribution is 5.62. The fourth-order valence-corrected chi connectivity index (χ4v) is 5.47. The molecule has 0 aliphatic heterocycles. The summed E-state index contributed by atoms with van der Waals surface area (Å²) in [6.45, 7) is -0.0445. The van der Waals surface area contributed by atoms with Crippen LogP contribution in [0.25, 0.3) is 5.52 Å². The van der Waals surface area contributed by atoms with Gasteiger partial charge in [-0.05, 0) is 46.5 Å². The van der Waals surface area contributed by atoms with E-state index in [1.165, 1.54) is 0 Å². The fourth-order valence-electron chi connectivity index (χ4n) is 5.47. The molecule has 0 fully saturated rings. The number of aromatic nitrogens is 3. The number of nitrogens with one attached hydrogen (secondary N) is 1. The Kier molecular flexibility index (Phi) is 8.54. The van der Waals surface area contributed by atoms with Crippen molar-refractivity contribution in [3.05, 3.63) is 155 Å². The molecule has 2 heterocycles. The highest BCUT2D eigenvalue weighted by Gasteiger charge is 2.37. The van der Waals surface area contributed by atoms with Crippen LogP contribution >= 0.6 is 0 Å². The average molecular weight is 587 g/mol. The number of nitrogens with zero attached hydrogens (tertiary/aromatic N) is 3. The zero-order valence-corrected chi connectivity index (χ0v) is 24.4. The predicted octanol–water partition coefficient (Wildman–Crippen LogP) is 5.62. The number of hydrogen-bond acceptors (Lipinski definition) is 7. The van der Waals surface area contributed by atoms with Crippen LogP contribution in [0.5, 0.6) is 11.6 Å². The van der Waals surface area contributed by atoms with Gasteiger partial charge in [0.15, 0.2) is 0 Å². The van der Waals surface area contributed by atoms with Crippen LogP contribution in [-0.2, 0) is 18.6 Å². The van der Waals surface area contributed by atoms with Gasteiger partial charge in [0.25, 0.3) is 0 Å². The second-order valence-corrected chi connectivity index (χ2v) is 10.5. The Morgan fingerprint density at radius 1 is 0.773 bits per heavy atom. The van der Waals surface area contributed by atoms with Gasteiger partial charge in [0.1, 0.15) is 23.4 Å². The van der Waals surface area contributed by atoms with Crippen molar-refractivity contribution in [2.75, 3.05) is 19.0 Å². The summed E-state index contributed by atoms with van der Waals surface area (Å²) in [7, 11) is 1.65. The SMILES string of the molecule is COc1ccc(C(Nc2nc(OCc3ccccc3)c3ccc(CC(O)CO)n3n2)(c2ccccc2)c2ccccc2)cc1. The first-order valence-electron chi connectivity index (χ1n) is 14.5. The minimum Gasteiger partial charge on any atom is -0.497 e. The number of hydrogen-bond donors (Lipinski definition) is 3. The second kappa shape index (κ2) is 13.0. The van der Waals surface area contributed by atoms with Gasteiger partial charge in [0, 0.05) is 12.1 Å². The quantitative estimate of drug-likeness (QED) is 0.160. The van der Waals surface area contributed by atoms with Gasteiger partial charge in [-0.25, -0.2) is 4.52 Å². The van der Waals surface area contributed by atoms with E-state index >= 15 is 0 Å². The number of anilines is 1. The summed E-state index contributed by atoms with van der Waals surface area (Å²) in [4.78, 5) is 4.92. The van der Waals surface area contributed by atoms with E-state index in [0.29, 0.717) is 29.6 Å². The van der Waals surface area contributed by atoms with E-state index in [-0.39, 0.29) is 13.0 Å². The first-order valence-corrected chi connectivity index (χ1v) is 14.5. The minimum atomic E-state index is -0.930. The number of aliphatic hydroxyl groups excluding tert-OH is 2. The molecular formula is C36H34N4O4. The van der Waals surface area contributed by atoms with E-state index in [1.807, 2.05) is 103 Å². The first kappa shape index (κ1) is 28.9. The van der Waals surface area contributed by atoms with E-state index in [9.17, 15) is 10.2 Å². The van der Waals surface area contributed by atoms with Gasteiger partial charge in [0.05, 0.1) is 19.8 Å². The maximum Gasteiger partial charge on any atom is 0.245 e. The molecule has 0 bridgehead atoms. The summed E-state index contributed by atoms with van der Waals surface area (Å²) in [5, 5.41) is 28.5. The lowest BCUT2D eigenvalue weighted by Crippen LogP contribution is -2.39. The van der Waals surface area contributed by atoms with Crippen LogP contribution in [-0.4, -0.2) is 44.6 Å². The molecule has 4 aromatic carbocycles. The maximum absolute atomic E-state index is 10.3. The summed E-state index contributed by atoms with van der Waals surface area (Å²) in [6, 6.07) is 41.9. The molecule has 44 heavy (non-hydrogen) atoms. The van der Waals surface area contributed by atoms with Crippen LogP contribution in [0.15, 0.2) is 127 Å².